The number of ether oxygens (including phenoxy) is 3. The van der Waals surface area contributed by atoms with E-state index >= 15 is 0 Å². The summed E-state index contributed by atoms with van der Waals surface area (Å²) >= 11 is 4.94. The first-order chi connectivity index (χ1) is 16.5. The average molecular weight is 535 g/mol. The minimum Gasteiger partial charge on any atom is -0.497 e. The molecule has 0 unspecified atom stereocenters. The van der Waals surface area contributed by atoms with Crippen molar-refractivity contribution in [2.45, 2.75) is 6.92 Å². The Bertz CT molecular complexity index is 1390. The number of hydrogen-bond acceptors (Lipinski definition) is 7. The van der Waals surface area contributed by atoms with Crippen molar-refractivity contribution in [2.24, 2.45) is 0 Å². The lowest BCUT2D eigenvalue weighted by atomic mass is 10.1. The molecule has 0 amide bonds. The summed E-state index contributed by atoms with van der Waals surface area (Å²) in [4.78, 5) is 17.3. The third kappa shape index (κ3) is 5.11. The van der Waals surface area contributed by atoms with Crippen molar-refractivity contribution in [3.63, 3.8) is 0 Å². The Balaban J connectivity index is 1.67. The highest BCUT2D eigenvalue weighted by atomic mass is 79.9. The highest BCUT2D eigenvalue weighted by molar-refractivity contribution is 9.10. The van der Waals surface area contributed by atoms with Crippen molar-refractivity contribution in [1.29, 1.82) is 5.26 Å². The molecule has 0 aliphatic carbocycles. The molecule has 0 fully saturated rings. The number of rotatable bonds is 7. The molecule has 6 nitrogen and oxygen atoms in total. The maximum absolute atomic E-state index is 12.7. The Kier molecular flexibility index (Phi) is 7.26. The molecule has 0 aliphatic heterocycles. The second kappa shape index (κ2) is 10.5. The number of fused-ring (bicyclic) bond motifs is 1. The number of allylic oxidation sites excluding steroid dienone is 1. The summed E-state index contributed by atoms with van der Waals surface area (Å²) in [5.74, 6) is 0.759. The number of methoxy groups -OCH3 is 1. The van der Waals surface area contributed by atoms with Crippen molar-refractivity contribution in [3.05, 3.63) is 81.3 Å². The van der Waals surface area contributed by atoms with E-state index in [1.54, 1.807) is 49.6 Å². The van der Waals surface area contributed by atoms with Gasteiger partial charge >= 0.3 is 5.97 Å². The van der Waals surface area contributed by atoms with Crippen molar-refractivity contribution in [2.75, 3.05) is 13.7 Å². The first-order valence-electron chi connectivity index (χ1n) is 10.3. The van der Waals surface area contributed by atoms with E-state index in [1.807, 2.05) is 31.2 Å². The quantitative estimate of drug-likeness (QED) is 0.148. The number of thiazole rings is 1. The number of carbonyl (C=O) groups is 1. The zero-order chi connectivity index (χ0) is 24.1. The van der Waals surface area contributed by atoms with E-state index in [2.05, 4.69) is 27.0 Å². The molecule has 8 heteroatoms. The minimum absolute atomic E-state index is 0.262. The predicted octanol–water partition coefficient (Wildman–Crippen LogP) is 6.75. The lowest BCUT2D eigenvalue weighted by Gasteiger charge is -2.14. The van der Waals surface area contributed by atoms with Crippen LogP contribution in [0.3, 0.4) is 0 Å². The average Bonchev–Trinajstić information content (AvgIpc) is 3.29. The van der Waals surface area contributed by atoms with E-state index in [4.69, 9.17) is 14.2 Å². The number of para-hydroxylation sites is 1. The predicted molar refractivity (Wildman–Crippen MR) is 136 cm³/mol. The molecule has 34 heavy (non-hydrogen) atoms. The van der Waals surface area contributed by atoms with Crippen LogP contribution in [-0.4, -0.2) is 24.7 Å². The molecule has 0 saturated carbocycles. The van der Waals surface area contributed by atoms with E-state index < -0.39 is 5.97 Å². The third-order valence-electron chi connectivity index (χ3n) is 4.81. The van der Waals surface area contributed by atoms with Gasteiger partial charge in [0.1, 0.15) is 16.8 Å². The van der Waals surface area contributed by atoms with Crippen LogP contribution in [0.2, 0.25) is 0 Å². The fraction of sp³-hybridized carbons (Fsp3) is 0.115. The molecule has 0 bridgehead atoms. The fourth-order valence-corrected chi connectivity index (χ4v) is 4.68. The van der Waals surface area contributed by atoms with Crippen LogP contribution in [0.4, 0.5) is 0 Å². The number of hydrogen-bond donors (Lipinski definition) is 0. The number of esters is 1. The van der Waals surface area contributed by atoms with Gasteiger partial charge in [-0.25, -0.2) is 9.78 Å². The normalized spacial score (nSPS) is 11.2. The van der Waals surface area contributed by atoms with Gasteiger partial charge in [-0.3, -0.25) is 0 Å². The first-order valence-corrected chi connectivity index (χ1v) is 11.9. The molecule has 0 spiro atoms. The highest BCUT2D eigenvalue weighted by Gasteiger charge is 2.18. The fourth-order valence-electron chi connectivity index (χ4n) is 3.21. The molecule has 4 aromatic rings. The molecule has 0 saturated heterocycles. The van der Waals surface area contributed by atoms with Gasteiger partial charge in [-0.15, -0.1) is 11.3 Å². The minimum atomic E-state index is -0.528. The van der Waals surface area contributed by atoms with Crippen LogP contribution in [0.1, 0.15) is 27.9 Å². The largest absolute Gasteiger partial charge is 0.497 e. The Morgan fingerprint density at radius 3 is 2.62 bits per heavy atom. The van der Waals surface area contributed by atoms with Crippen LogP contribution in [0.5, 0.6) is 17.2 Å². The van der Waals surface area contributed by atoms with E-state index in [1.165, 1.54) is 11.3 Å². The monoisotopic (exact) mass is 534 g/mol. The maximum Gasteiger partial charge on any atom is 0.343 e. The zero-order valence-electron chi connectivity index (χ0n) is 18.4. The lowest BCUT2D eigenvalue weighted by Crippen LogP contribution is -2.10. The summed E-state index contributed by atoms with van der Waals surface area (Å²) in [7, 11) is 1.56. The van der Waals surface area contributed by atoms with Crippen molar-refractivity contribution >= 4 is 55.1 Å². The smallest absolute Gasteiger partial charge is 0.343 e. The molecule has 170 valence electrons. The Labute approximate surface area is 209 Å². The van der Waals surface area contributed by atoms with Crippen LogP contribution in [0.25, 0.3) is 21.9 Å². The molecule has 0 radical (unpaired) electrons. The molecule has 0 N–H and O–H groups in total. The van der Waals surface area contributed by atoms with Gasteiger partial charge in [0.15, 0.2) is 11.5 Å². The summed E-state index contributed by atoms with van der Waals surface area (Å²) in [6.07, 6.45) is 1.74. The molecule has 1 heterocycles. The summed E-state index contributed by atoms with van der Waals surface area (Å²) in [6, 6.07) is 20.1. The molecule has 1 aromatic heterocycles. The maximum atomic E-state index is 12.7. The molecule has 3 aromatic carbocycles. The van der Waals surface area contributed by atoms with Gasteiger partial charge in [0.05, 0.1) is 39.5 Å². The zero-order valence-corrected chi connectivity index (χ0v) is 20.8. The number of aromatic nitrogens is 1. The van der Waals surface area contributed by atoms with Crippen molar-refractivity contribution in [1.82, 2.24) is 4.98 Å². The Morgan fingerprint density at radius 1 is 1.18 bits per heavy atom. The van der Waals surface area contributed by atoms with Gasteiger partial charge in [-0.05, 0) is 83.0 Å². The highest BCUT2D eigenvalue weighted by Crippen LogP contribution is 2.39. The van der Waals surface area contributed by atoms with Gasteiger partial charge in [-0.1, -0.05) is 12.1 Å². The topological polar surface area (TPSA) is 81.4 Å². The van der Waals surface area contributed by atoms with Gasteiger partial charge in [0.2, 0.25) is 0 Å². The van der Waals surface area contributed by atoms with Crippen molar-refractivity contribution in [3.8, 4) is 23.3 Å². The number of nitriles is 1. The van der Waals surface area contributed by atoms with Crippen LogP contribution in [0.15, 0.2) is 65.1 Å². The summed E-state index contributed by atoms with van der Waals surface area (Å²) in [5.41, 5.74) is 2.36. The number of benzene rings is 3. The standard InChI is InChI=1S/C26H19BrN2O4S/c1-3-32-22-14-16(12-18(15-28)25-29-21-6-4-5-7-23(21)34-25)13-20(27)24(22)33-26(30)17-8-10-19(31-2)11-9-17/h4-14H,3H2,1-2H3. The van der Waals surface area contributed by atoms with E-state index in [9.17, 15) is 10.1 Å². The van der Waals surface area contributed by atoms with Crippen molar-refractivity contribution < 1.29 is 19.0 Å². The number of nitrogens with zero attached hydrogens (tertiary/aromatic N) is 2. The number of halogens is 1. The Hall–Kier alpha value is -3.67. The van der Waals surface area contributed by atoms with Gasteiger partial charge in [0.25, 0.3) is 0 Å². The van der Waals surface area contributed by atoms with Crippen LogP contribution in [-0.2, 0) is 0 Å². The first kappa shape index (κ1) is 23.5. The third-order valence-corrected chi connectivity index (χ3v) is 6.47. The van der Waals surface area contributed by atoms with E-state index in [0.717, 1.165) is 10.2 Å². The molecular weight excluding hydrogens is 516 g/mol. The molecule has 0 aliphatic rings. The van der Waals surface area contributed by atoms with E-state index in [0.29, 0.717) is 44.3 Å². The van der Waals surface area contributed by atoms with E-state index in [-0.39, 0.29) is 5.75 Å². The van der Waals surface area contributed by atoms with Gasteiger partial charge in [0, 0.05) is 0 Å². The van der Waals surface area contributed by atoms with Crippen LogP contribution >= 0.6 is 27.3 Å². The van der Waals surface area contributed by atoms with Crippen LogP contribution < -0.4 is 14.2 Å². The summed E-state index contributed by atoms with van der Waals surface area (Å²) < 4.78 is 18.1. The van der Waals surface area contributed by atoms with Gasteiger partial charge < -0.3 is 14.2 Å². The number of carbonyl (C=O) groups excluding carboxylic acids is 1. The summed E-state index contributed by atoms with van der Waals surface area (Å²) in [6.45, 7) is 2.21. The SMILES string of the molecule is CCOc1cc(C=C(C#N)c2nc3ccccc3s2)cc(Br)c1OC(=O)c1ccc(OC)cc1. The molecule has 0 atom stereocenters. The Morgan fingerprint density at radius 2 is 1.94 bits per heavy atom. The second-order valence-corrected chi connectivity index (χ2v) is 8.92. The second-order valence-electron chi connectivity index (χ2n) is 7.04. The molecular formula is C26H19BrN2O4S. The summed E-state index contributed by atoms with van der Waals surface area (Å²) in [5, 5.41) is 10.4. The molecule has 4 rings (SSSR count). The van der Waals surface area contributed by atoms with Crippen LogP contribution in [0, 0.1) is 11.3 Å². The lowest BCUT2D eigenvalue weighted by molar-refractivity contribution is 0.0727. The van der Waals surface area contributed by atoms with Gasteiger partial charge in [-0.2, -0.15) is 5.26 Å².